The summed E-state index contributed by atoms with van der Waals surface area (Å²) in [5.41, 5.74) is 5.28. The lowest BCUT2D eigenvalue weighted by molar-refractivity contribution is 0.121. The number of nitrogens with zero attached hydrogens (tertiary/aromatic N) is 3. The van der Waals surface area contributed by atoms with Gasteiger partial charge in [0.25, 0.3) is 0 Å². The predicted molar refractivity (Wildman–Crippen MR) is 139 cm³/mol. The summed E-state index contributed by atoms with van der Waals surface area (Å²) < 4.78 is 10.5. The van der Waals surface area contributed by atoms with Gasteiger partial charge in [-0.25, -0.2) is 9.59 Å². The van der Waals surface area contributed by atoms with Gasteiger partial charge in [-0.1, -0.05) is 36.9 Å². The van der Waals surface area contributed by atoms with Crippen LogP contribution < -0.4 is 15.1 Å². The number of ether oxygens (including phenoxy) is 2. The van der Waals surface area contributed by atoms with Crippen LogP contribution in [-0.4, -0.2) is 69.1 Å². The van der Waals surface area contributed by atoms with E-state index in [9.17, 15) is 9.59 Å². The van der Waals surface area contributed by atoms with Crippen molar-refractivity contribution in [1.82, 2.24) is 10.2 Å². The highest BCUT2D eigenvalue weighted by molar-refractivity contribution is 6.01. The van der Waals surface area contributed by atoms with Crippen molar-refractivity contribution >= 4 is 29.3 Å². The molecule has 186 valence electrons. The maximum Gasteiger partial charge on any atom is 0.414 e. The molecule has 2 aliphatic heterocycles. The second-order valence-corrected chi connectivity index (χ2v) is 9.20. The summed E-state index contributed by atoms with van der Waals surface area (Å²) in [6.07, 6.45) is -1.14. The molecule has 2 aliphatic rings. The molecule has 1 saturated heterocycles. The van der Waals surface area contributed by atoms with Gasteiger partial charge in [0.1, 0.15) is 0 Å². The Kier molecular flexibility index (Phi) is 7.31. The quantitative estimate of drug-likeness (QED) is 0.695. The van der Waals surface area contributed by atoms with Gasteiger partial charge in [0.2, 0.25) is 0 Å². The van der Waals surface area contributed by atoms with Crippen molar-refractivity contribution in [3.63, 3.8) is 0 Å². The molecule has 8 nitrogen and oxygen atoms in total. The van der Waals surface area contributed by atoms with Crippen LogP contribution in [0.25, 0.3) is 16.8 Å². The summed E-state index contributed by atoms with van der Waals surface area (Å²) in [5, 5.41) is 3.36. The normalized spacial score (nSPS) is 17.7. The first kappa shape index (κ1) is 24.6. The number of nitrogens with one attached hydrogen (secondary N) is 1. The predicted octanol–water partition coefficient (Wildman–Crippen LogP) is 4.56. The second-order valence-electron chi connectivity index (χ2n) is 9.20. The van der Waals surface area contributed by atoms with Crippen molar-refractivity contribution in [1.29, 1.82) is 0 Å². The average molecular weight is 479 g/mol. The smallest absolute Gasteiger partial charge is 0.414 e. The summed E-state index contributed by atoms with van der Waals surface area (Å²) >= 11 is 0. The molecule has 2 aromatic carbocycles. The average Bonchev–Trinajstić information content (AvgIpc) is 2.87. The van der Waals surface area contributed by atoms with Crippen LogP contribution in [0.5, 0.6) is 0 Å². The third kappa shape index (κ3) is 5.12. The number of amides is 2. The minimum atomic E-state index is -0.459. The lowest BCUT2D eigenvalue weighted by Crippen LogP contribution is -2.52. The van der Waals surface area contributed by atoms with Crippen LogP contribution in [0.2, 0.25) is 0 Å². The summed E-state index contributed by atoms with van der Waals surface area (Å²) in [7, 11) is 1.36. The van der Waals surface area contributed by atoms with Crippen molar-refractivity contribution < 1.29 is 19.1 Å². The molecule has 4 rings (SSSR count). The van der Waals surface area contributed by atoms with Crippen LogP contribution in [0.4, 0.5) is 21.0 Å². The highest BCUT2D eigenvalue weighted by Crippen LogP contribution is 2.39. The lowest BCUT2D eigenvalue weighted by Gasteiger charge is -2.40. The summed E-state index contributed by atoms with van der Waals surface area (Å²) in [5.74, 6) is 0. The highest BCUT2D eigenvalue weighted by atomic mass is 16.6. The Balaban J connectivity index is 1.66. The molecule has 1 N–H and O–H groups in total. The van der Waals surface area contributed by atoms with E-state index in [-0.39, 0.29) is 12.1 Å². The van der Waals surface area contributed by atoms with Crippen molar-refractivity contribution in [2.75, 3.05) is 49.6 Å². The first-order chi connectivity index (χ1) is 16.8. The van der Waals surface area contributed by atoms with Gasteiger partial charge in [-0.3, -0.25) is 9.80 Å². The third-order valence-corrected chi connectivity index (χ3v) is 6.39. The molecule has 0 radical (unpaired) electrons. The number of rotatable bonds is 4. The van der Waals surface area contributed by atoms with E-state index in [0.717, 1.165) is 48.6 Å². The molecule has 0 aromatic heterocycles. The van der Waals surface area contributed by atoms with E-state index in [0.29, 0.717) is 17.9 Å². The van der Waals surface area contributed by atoms with Gasteiger partial charge < -0.3 is 19.7 Å². The molecule has 2 heterocycles. The maximum absolute atomic E-state index is 12.9. The standard InChI is InChI=1S/C27H34N4O4/c1-18(2)35-26(32)30-17-19(3)31(27(33)34-5)24-11-10-23(16-25(24)30)22-8-6-21(7-9-22)20(4)29-14-12-28-13-15-29/h6-11,16,18-19,28H,4,12-15,17H2,1-3,5H3. The summed E-state index contributed by atoms with van der Waals surface area (Å²) in [6.45, 7) is 13.9. The van der Waals surface area contributed by atoms with Crippen LogP contribution in [0, 0.1) is 0 Å². The molecular formula is C27H34N4O4. The van der Waals surface area contributed by atoms with Crippen LogP contribution >= 0.6 is 0 Å². The molecule has 1 unspecified atom stereocenters. The van der Waals surface area contributed by atoms with E-state index in [4.69, 9.17) is 9.47 Å². The number of piperazine rings is 1. The van der Waals surface area contributed by atoms with Gasteiger partial charge in [-0.2, -0.15) is 0 Å². The number of benzene rings is 2. The summed E-state index contributed by atoms with van der Waals surface area (Å²) in [4.78, 5) is 30.9. The van der Waals surface area contributed by atoms with Gasteiger partial charge in [0.15, 0.2) is 0 Å². The van der Waals surface area contributed by atoms with E-state index >= 15 is 0 Å². The van der Waals surface area contributed by atoms with Crippen LogP contribution in [-0.2, 0) is 9.47 Å². The fraction of sp³-hybridized carbons (Fsp3) is 0.407. The fourth-order valence-corrected chi connectivity index (χ4v) is 4.59. The van der Waals surface area contributed by atoms with E-state index in [2.05, 4.69) is 41.1 Å². The molecular weight excluding hydrogens is 444 g/mol. The van der Waals surface area contributed by atoms with Crippen molar-refractivity contribution in [2.45, 2.75) is 32.9 Å². The molecule has 1 atom stereocenters. The molecule has 0 aliphatic carbocycles. The zero-order valence-corrected chi connectivity index (χ0v) is 20.9. The lowest BCUT2D eigenvalue weighted by atomic mass is 9.99. The molecule has 1 fully saturated rings. The third-order valence-electron chi connectivity index (χ3n) is 6.39. The van der Waals surface area contributed by atoms with E-state index < -0.39 is 12.2 Å². The largest absolute Gasteiger partial charge is 0.452 e. The Labute approximate surface area is 207 Å². The van der Waals surface area contributed by atoms with Crippen molar-refractivity contribution in [2.24, 2.45) is 0 Å². The Hall–Kier alpha value is -3.52. The Morgan fingerprint density at radius 3 is 2.29 bits per heavy atom. The van der Waals surface area contributed by atoms with Gasteiger partial charge in [0, 0.05) is 31.9 Å². The second kappa shape index (κ2) is 10.4. The van der Waals surface area contributed by atoms with E-state index in [1.165, 1.54) is 7.11 Å². The number of hydrogen-bond acceptors (Lipinski definition) is 6. The Morgan fingerprint density at radius 1 is 1.00 bits per heavy atom. The molecule has 8 heteroatoms. The molecule has 0 bridgehead atoms. The number of methoxy groups -OCH3 is 1. The molecule has 2 amide bonds. The zero-order chi connectivity index (χ0) is 25.1. The monoisotopic (exact) mass is 478 g/mol. The number of hydrogen-bond donors (Lipinski definition) is 1. The molecule has 2 aromatic rings. The van der Waals surface area contributed by atoms with Gasteiger partial charge in [0.05, 0.1) is 37.2 Å². The molecule has 35 heavy (non-hydrogen) atoms. The SMILES string of the molecule is C=C(c1ccc(-c2ccc3c(c2)N(C(=O)OC(C)C)CC(C)N3C(=O)OC)cc1)N1CCNCC1. The van der Waals surface area contributed by atoms with Crippen LogP contribution in [0.3, 0.4) is 0 Å². The van der Waals surface area contributed by atoms with Crippen LogP contribution in [0.15, 0.2) is 49.0 Å². The maximum atomic E-state index is 12.9. The number of carbonyl (C=O) groups is 2. The van der Waals surface area contributed by atoms with Crippen molar-refractivity contribution in [3.8, 4) is 11.1 Å². The number of anilines is 2. The zero-order valence-electron chi connectivity index (χ0n) is 20.9. The first-order valence-corrected chi connectivity index (χ1v) is 12.0. The molecule has 0 saturated carbocycles. The Bertz CT molecular complexity index is 1090. The van der Waals surface area contributed by atoms with E-state index in [1.807, 2.05) is 39.0 Å². The first-order valence-electron chi connectivity index (χ1n) is 12.0. The number of carbonyl (C=O) groups excluding carboxylic acids is 2. The highest BCUT2D eigenvalue weighted by Gasteiger charge is 2.36. The van der Waals surface area contributed by atoms with E-state index in [1.54, 1.807) is 9.80 Å². The Morgan fingerprint density at radius 2 is 1.66 bits per heavy atom. The van der Waals surface area contributed by atoms with Gasteiger partial charge >= 0.3 is 12.2 Å². The minimum absolute atomic E-state index is 0.251. The molecule has 0 spiro atoms. The van der Waals surface area contributed by atoms with Crippen LogP contribution in [0.1, 0.15) is 26.3 Å². The topological polar surface area (TPSA) is 74.3 Å². The van der Waals surface area contributed by atoms with Crippen molar-refractivity contribution in [3.05, 3.63) is 54.6 Å². The summed E-state index contributed by atoms with van der Waals surface area (Å²) in [6, 6.07) is 13.8. The fourth-order valence-electron chi connectivity index (χ4n) is 4.59. The van der Waals surface area contributed by atoms with Gasteiger partial charge in [-0.15, -0.1) is 0 Å². The minimum Gasteiger partial charge on any atom is -0.452 e. The number of fused-ring (bicyclic) bond motifs is 1. The van der Waals surface area contributed by atoms with Gasteiger partial charge in [-0.05, 0) is 49.6 Å².